The van der Waals surface area contributed by atoms with Crippen molar-refractivity contribution in [3.63, 3.8) is 0 Å². The van der Waals surface area contributed by atoms with Crippen LogP contribution in [0.5, 0.6) is 11.5 Å². The molecule has 7 rings (SSSR count). The van der Waals surface area contributed by atoms with Gasteiger partial charge in [0.05, 0.1) is 57.1 Å². The van der Waals surface area contributed by atoms with Gasteiger partial charge < -0.3 is 49.3 Å². The van der Waals surface area contributed by atoms with Crippen LogP contribution in [0.3, 0.4) is 0 Å². The van der Waals surface area contributed by atoms with E-state index in [1.165, 1.54) is 14.2 Å². The van der Waals surface area contributed by atoms with E-state index in [0.717, 1.165) is 65.0 Å². The van der Waals surface area contributed by atoms with Crippen molar-refractivity contribution in [2.75, 3.05) is 40.5 Å². The number of methoxy groups -OCH3 is 2. The highest BCUT2D eigenvalue weighted by Crippen LogP contribution is 2.43. The zero-order chi connectivity index (χ0) is 42.7. The van der Waals surface area contributed by atoms with Gasteiger partial charge in [-0.1, -0.05) is 39.8 Å². The maximum atomic E-state index is 13.8. The molecular weight excluding hydrogens is 769 g/mol. The van der Waals surface area contributed by atoms with Crippen molar-refractivity contribution < 1.29 is 38.1 Å². The highest BCUT2D eigenvalue weighted by molar-refractivity contribution is 5.87. The summed E-state index contributed by atoms with van der Waals surface area (Å²) in [6.45, 7) is 11.6. The van der Waals surface area contributed by atoms with E-state index in [-0.39, 0.29) is 35.7 Å². The first kappa shape index (κ1) is 42.1. The van der Waals surface area contributed by atoms with Gasteiger partial charge in [-0.2, -0.15) is 0 Å². The average molecular weight is 825 g/mol. The molecule has 2 aromatic carbocycles. The van der Waals surface area contributed by atoms with E-state index in [1.807, 2.05) is 75.9 Å². The summed E-state index contributed by atoms with van der Waals surface area (Å²) >= 11 is 0. The van der Waals surface area contributed by atoms with Gasteiger partial charge in [0, 0.05) is 47.5 Å². The lowest BCUT2D eigenvalue weighted by Gasteiger charge is -2.30. The van der Waals surface area contributed by atoms with Gasteiger partial charge in [0.15, 0.2) is 0 Å². The van der Waals surface area contributed by atoms with Gasteiger partial charge in [0.2, 0.25) is 11.8 Å². The third kappa shape index (κ3) is 8.63. The summed E-state index contributed by atoms with van der Waals surface area (Å²) in [6.07, 6.45) is 4.33. The van der Waals surface area contributed by atoms with Crippen molar-refractivity contribution in [2.24, 2.45) is 11.8 Å². The van der Waals surface area contributed by atoms with Crippen molar-refractivity contribution in [1.82, 2.24) is 40.4 Å². The SMILES string of the molecule is COC(=O)NC(C(=O)N1CCC[C@H]1c1nc(-c2ccc3c(c2)OCCCOc2cc(-c4cnc([C@@H]5CCCN5C(=O)[C@@H](NC(=O)OC)C(C)C)[nH]4)ccc2-3)c(C)[nH]1)C(C)C. The maximum Gasteiger partial charge on any atom is 0.407 e. The van der Waals surface area contributed by atoms with Gasteiger partial charge in [0.25, 0.3) is 0 Å². The summed E-state index contributed by atoms with van der Waals surface area (Å²) in [6, 6.07) is 10.2. The summed E-state index contributed by atoms with van der Waals surface area (Å²) in [5, 5.41) is 5.41. The highest BCUT2D eigenvalue weighted by atomic mass is 16.5. The van der Waals surface area contributed by atoms with Crippen LogP contribution in [0.1, 0.15) is 89.2 Å². The number of hydrogen-bond donors (Lipinski definition) is 4. The molecule has 0 aliphatic carbocycles. The first-order valence-corrected chi connectivity index (χ1v) is 20.8. The van der Waals surface area contributed by atoms with Crippen LogP contribution >= 0.6 is 0 Å². The molecule has 0 radical (unpaired) electrons. The molecule has 320 valence electrons. The van der Waals surface area contributed by atoms with E-state index < -0.39 is 24.3 Å². The summed E-state index contributed by atoms with van der Waals surface area (Å²) in [4.78, 5) is 71.9. The van der Waals surface area contributed by atoms with Crippen LogP contribution in [-0.4, -0.2) is 106 Å². The normalized spacial score (nSPS) is 18.6. The molecule has 4 aromatic rings. The summed E-state index contributed by atoms with van der Waals surface area (Å²) < 4.78 is 22.3. The lowest BCUT2D eigenvalue weighted by Crippen LogP contribution is -2.51. The Hall–Kier alpha value is -6.06. The Morgan fingerprint density at radius 1 is 0.733 bits per heavy atom. The van der Waals surface area contributed by atoms with Crippen LogP contribution in [0, 0.1) is 18.8 Å². The molecule has 0 saturated carbocycles. The van der Waals surface area contributed by atoms with Gasteiger partial charge in [-0.15, -0.1) is 0 Å². The minimum absolute atomic E-state index is 0.128. The second-order valence-electron chi connectivity index (χ2n) is 16.3. The van der Waals surface area contributed by atoms with Crippen LogP contribution in [0.15, 0.2) is 42.6 Å². The number of carbonyl (C=O) groups is 4. The summed E-state index contributed by atoms with van der Waals surface area (Å²) in [7, 11) is 2.57. The van der Waals surface area contributed by atoms with Crippen molar-refractivity contribution >= 4 is 24.0 Å². The number of likely N-dealkylation sites (tertiary alicyclic amines) is 2. The minimum atomic E-state index is -0.717. The Bertz CT molecular complexity index is 2210. The summed E-state index contributed by atoms with van der Waals surface area (Å²) in [5.74, 6) is 2.23. The minimum Gasteiger partial charge on any atom is -0.493 e. The number of aryl methyl sites for hydroxylation is 1. The smallest absolute Gasteiger partial charge is 0.407 e. The van der Waals surface area contributed by atoms with Crippen molar-refractivity contribution in [3.8, 4) is 45.1 Å². The fourth-order valence-electron chi connectivity index (χ4n) is 8.43. The van der Waals surface area contributed by atoms with E-state index in [1.54, 1.807) is 11.1 Å². The molecule has 16 nitrogen and oxygen atoms in total. The third-order valence-corrected chi connectivity index (χ3v) is 11.6. The molecule has 4 atom stereocenters. The molecule has 5 heterocycles. The van der Waals surface area contributed by atoms with Crippen molar-refractivity contribution in [1.29, 1.82) is 0 Å². The Morgan fingerprint density at radius 2 is 1.25 bits per heavy atom. The number of aromatic amines is 2. The van der Waals surface area contributed by atoms with Crippen LogP contribution in [-0.2, 0) is 19.1 Å². The lowest BCUT2D eigenvalue weighted by atomic mass is 9.98. The Morgan fingerprint density at radius 3 is 1.78 bits per heavy atom. The van der Waals surface area contributed by atoms with Gasteiger partial charge in [-0.3, -0.25) is 9.59 Å². The number of nitrogens with one attached hydrogen (secondary N) is 4. The van der Waals surface area contributed by atoms with Crippen LogP contribution in [0.25, 0.3) is 33.6 Å². The molecule has 0 spiro atoms. The number of nitrogens with zero attached hydrogens (tertiary/aromatic N) is 4. The van der Waals surface area contributed by atoms with Crippen LogP contribution in [0.2, 0.25) is 0 Å². The molecule has 4 N–H and O–H groups in total. The number of amides is 4. The zero-order valence-electron chi connectivity index (χ0n) is 35.4. The summed E-state index contributed by atoms with van der Waals surface area (Å²) in [5.41, 5.74) is 5.96. The molecule has 1 unspecified atom stereocenters. The van der Waals surface area contributed by atoms with Gasteiger partial charge in [-0.25, -0.2) is 19.6 Å². The number of benzene rings is 2. The number of imidazole rings is 2. The molecule has 60 heavy (non-hydrogen) atoms. The van der Waals surface area contributed by atoms with Crippen molar-refractivity contribution in [2.45, 2.75) is 90.9 Å². The molecule has 3 aliphatic heterocycles. The molecule has 0 bridgehead atoms. The number of rotatable bonds is 10. The molecule has 4 amide bonds. The molecule has 16 heteroatoms. The largest absolute Gasteiger partial charge is 0.493 e. The number of H-pyrrole nitrogens is 2. The topological polar surface area (TPSA) is 193 Å². The predicted octanol–water partition coefficient (Wildman–Crippen LogP) is 6.69. The lowest BCUT2D eigenvalue weighted by molar-refractivity contribution is -0.136. The first-order valence-electron chi connectivity index (χ1n) is 20.8. The molecule has 3 aliphatic rings. The van der Waals surface area contributed by atoms with Crippen molar-refractivity contribution in [3.05, 3.63) is 59.9 Å². The van der Waals surface area contributed by atoms with Crippen LogP contribution < -0.4 is 20.1 Å². The monoisotopic (exact) mass is 824 g/mol. The molecule has 2 aromatic heterocycles. The zero-order valence-corrected chi connectivity index (χ0v) is 35.4. The van der Waals surface area contributed by atoms with Gasteiger partial charge in [-0.05, 0) is 68.7 Å². The predicted molar refractivity (Wildman–Crippen MR) is 223 cm³/mol. The highest BCUT2D eigenvalue weighted by Gasteiger charge is 2.39. The standard InChI is InChI=1S/C44H56N8O8/c1-24(2)36(49-43(55)57-6)41(53)51-17-8-11-32(51)39-45-23-31(47-39)27-13-15-29-30-16-14-28(22-35(30)60-20-10-19-59-34(29)21-27)38-26(5)46-40(48-38)33-12-9-18-52(33)42(54)37(25(3)4)50-44(56)58-7/h13-16,21-25,32-33,36-37H,8-12,17-20H2,1-7H3,(H,45,47)(H,46,48)(H,49,55)(H,50,56)/t32-,33-,36-,37?/m0/s1. The van der Waals surface area contributed by atoms with Crippen LogP contribution in [0.4, 0.5) is 9.59 Å². The second-order valence-corrected chi connectivity index (χ2v) is 16.3. The van der Waals surface area contributed by atoms with E-state index in [2.05, 4.69) is 20.6 Å². The fourth-order valence-corrected chi connectivity index (χ4v) is 8.43. The number of ether oxygens (including phenoxy) is 4. The maximum absolute atomic E-state index is 13.8. The average Bonchev–Trinajstić information content (AvgIpc) is 4.08. The number of aromatic nitrogens is 4. The number of carbonyl (C=O) groups excluding carboxylic acids is 4. The molecular formula is C44H56N8O8. The van der Waals surface area contributed by atoms with E-state index in [0.29, 0.717) is 55.9 Å². The van der Waals surface area contributed by atoms with E-state index in [4.69, 9.17) is 28.9 Å². The number of alkyl carbamates (subject to hydrolysis) is 2. The Kier molecular flexibility index (Phi) is 12.7. The van der Waals surface area contributed by atoms with Gasteiger partial charge >= 0.3 is 12.2 Å². The number of fused-ring (bicyclic) bond motifs is 3. The fraction of sp³-hybridized carbons (Fsp3) is 0.500. The van der Waals surface area contributed by atoms with E-state index in [9.17, 15) is 19.2 Å². The second kappa shape index (κ2) is 18.1. The Balaban J connectivity index is 1.12. The quantitative estimate of drug-likeness (QED) is 0.134. The molecule has 2 fully saturated rings. The number of hydrogen-bond acceptors (Lipinski definition) is 10. The Labute approximate surface area is 350 Å². The third-order valence-electron chi connectivity index (χ3n) is 11.6. The molecule has 2 saturated heterocycles. The first-order chi connectivity index (χ1) is 28.9. The van der Waals surface area contributed by atoms with E-state index >= 15 is 0 Å². The van der Waals surface area contributed by atoms with Gasteiger partial charge in [0.1, 0.15) is 35.2 Å².